The molecule has 0 aromatic rings. The molecule has 7 heavy (non-hydrogen) atoms. The molecule has 0 aliphatic carbocycles. The average molecular weight is 142 g/mol. The third-order valence-corrected chi connectivity index (χ3v) is 0.420. The van der Waals surface area contributed by atoms with Gasteiger partial charge >= 0.3 is 0 Å². The Hall–Kier alpha value is 0.240. The van der Waals surface area contributed by atoms with Gasteiger partial charge in [0.25, 0.3) is 0 Å². The van der Waals surface area contributed by atoms with E-state index in [0.29, 0.717) is 0 Å². The van der Waals surface area contributed by atoms with Crippen LogP contribution in [0.3, 0.4) is 0 Å². The number of hydrogen-bond donors (Lipinski definition) is 1. The number of thiol groups is 1. The Labute approximate surface area is 62.9 Å². The molecule has 0 aromatic carbocycles. The van der Waals surface area contributed by atoms with Gasteiger partial charge in [-0.3, -0.25) is 0 Å². The van der Waals surface area contributed by atoms with Gasteiger partial charge in [0, 0.05) is 8.22 Å². The Morgan fingerprint density at radius 1 is 2.00 bits per heavy atom. The Balaban J connectivity index is 4.68. The van der Waals surface area contributed by atoms with Crippen molar-refractivity contribution in [1.29, 1.82) is 0 Å². The third kappa shape index (κ3) is 6.24. The molecule has 0 amide bonds. The Kier molecular flexibility index (Phi) is 0.879. The third-order valence-electron chi connectivity index (χ3n) is 0.219. The molecule has 0 unspecified atom stereocenters. The summed E-state index contributed by atoms with van der Waals surface area (Å²) in [7, 11) is 0. The van der Waals surface area contributed by atoms with Crippen LogP contribution in [-0.4, -0.2) is 10.5 Å². The largest absolute Gasteiger partial charge is 0.476 e. The Bertz CT molecular complexity index is 182. The monoisotopic (exact) mass is 142 g/mol. The van der Waals surface area contributed by atoms with Crippen molar-refractivity contribution in [3.8, 4) is 0 Å². The molecule has 0 spiro atoms. The van der Waals surface area contributed by atoms with Crippen LogP contribution in [0.4, 0.5) is 0 Å². The highest BCUT2D eigenvalue weighted by Gasteiger charge is 1.90. The smallest absolute Gasteiger partial charge is 0.217 e. The lowest BCUT2D eigenvalue weighted by Crippen LogP contribution is -2.02. The summed E-state index contributed by atoms with van der Waals surface area (Å²) in [5, 5.41) is 0. The molecule has 1 nitrogen and oxygen atoms in total. The summed E-state index contributed by atoms with van der Waals surface area (Å²) in [6.07, 6.45) is -1.91. The molecule has 0 radical (unpaired) electrons. The molecule has 0 rings (SSSR count). The fraction of sp³-hybridized carbons (Fsp3) is 0.750. The molecular weight excluding hydrogens is 128 g/mol. The topological polar surface area (TPSA) is 9.23 Å². The molecule has 3 heteroatoms. The molecule has 0 aliphatic heterocycles. The van der Waals surface area contributed by atoms with Crippen molar-refractivity contribution in [2.24, 2.45) is 0 Å². The van der Waals surface area contributed by atoms with Gasteiger partial charge in [-0.2, -0.15) is 0 Å². The summed E-state index contributed by atoms with van der Waals surface area (Å²) in [6.45, 7) is -5.48. The molecule has 0 aliphatic rings. The van der Waals surface area contributed by atoms with E-state index in [1.807, 2.05) is 0 Å². The summed E-state index contributed by atoms with van der Waals surface area (Å²) in [6, 6.07) is 0. The molecular formula is C4H8OS2. The second kappa shape index (κ2) is 3.27. The lowest BCUT2D eigenvalue weighted by molar-refractivity contribution is 0.243. The molecule has 0 saturated heterocycles. The van der Waals surface area contributed by atoms with Gasteiger partial charge in [-0.25, -0.2) is 0 Å². The quantitative estimate of drug-likeness (QED) is 0.440. The van der Waals surface area contributed by atoms with Crippen molar-refractivity contribution < 1.29 is 13.0 Å². The van der Waals surface area contributed by atoms with Gasteiger partial charge in [0.2, 0.25) is 4.38 Å². The zero-order valence-electron chi connectivity index (χ0n) is 9.34. The second-order valence-electron chi connectivity index (χ2n) is 0.764. The molecule has 0 atom stereocenters. The lowest BCUT2D eigenvalue weighted by atomic mass is 10.5. The van der Waals surface area contributed by atoms with Crippen molar-refractivity contribution in [2.45, 2.75) is 19.8 Å². The summed E-state index contributed by atoms with van der Waals surface area (Å²) >= 11 is 7.86. The van der Waals surface area contributed by atoms with Gasteiger partial charge in [-0.05, 0) is 25.9 Å². The first-order chi connectivity index (χ1) is 5.55. The van der Waals surface area contributed by atoms with Gasteiger partial charge in [0.1, 0.15) is 0 Å². The van der Waals surface area contributed by atoms with Crippen LogP contribution in [0.5, 0.6) is 0 Å². The number of hydrogen-bond acceptors (Lipinski definition) is 2. The van der Waals surface area contributed by atoms with Crippen molar-refractivity contribution in [3.05, 3.63) is 0 Å². The van der Waals surface area contributed by atoms with Crippen LogP contribution >= 0.6 is 24.8 Å². The molecule has 0 bridgehead atoms. The van der Waals surface area contributed by atoms with Crippen molar-refractivity contribution in [2.75, 3.05) is 0 Å². The second-order valence-corrected chi connectivity index (χ2v) is 1.84. The van der Waals surface area contributed by atoms with Crippen LogP contribution in [0.2, 0.25) is 0 Å². The van der Waals surface area contributed by atoms with Crippen molar-refractivity contribution in [1.82, 2.24) is 0 Å². The van der Waals surface area contributed by atoms with E-state index >= 15 is 0 Å². The van der Waals surface area contributed by atoms with Gasteiger partial charge < -0.3 is 4.74 Å². The minimum atomic E-state index is -2.74. The lowest BCUT2D eigenvalue weighted by Gasteiger charge is -2.03. The zero-order chi connectivity index (χ0) is 10.9. The minimum absolute atomic E-state index is 0.391. The zero-order valence-corrected chi connectivity index (χ0v) is 5.05. The highest BCUT2D eigenvalue weighted by molar-refractivity contribution is 8.10. The average Bonchev–Trinajstić information content (AvgIpc) is 1.77. The molecule has 42 valence electrons. The van der Waals surface area contributed by atoms with Crippen LogP contribution < -0.4 is 0 Å². The normalized spacial score (nSPS) is 25.4. The first-order valence-electron chi connectivity index (χ1n) is 4.44. The van der Waals surface area contributed by atoms with E-state index in [2.05, 4.69) is 29.6 Å². The summed E-state index contributed by atoms with van der Waals surface area (Å²) < 4.78 is 45.4. The number of thiocarbonyl (C=S) groups is 1. The van der Waals surface area contributed by atoms with Gasteiger partial charge in [-0.1, -0.05) is 12.6 Å². The van der Waals surface area contributed by atoms with Crippen LogP contribution in [0.1, 0.15) is 21.9 Å². The summed E-state index contributed by atoms with van der Waals surface area (Å²) in [5.74, 6) is 0. The Morgan fingerprint density at radius 2 is 2.57 bits per heavy atom. The standard InChI is InChI=1S/C4H8OS2/c1-3(2)5-4(6)7/h3H,1-2H3,(H,6,7)/i1D3,2D3. The number of ether oxygens (including phenoxy) is 1. The first-order valence-corrected chi connectivity index (χ1v) is 2.30. The van der Waals surface area contributed by atoms with Crippen molar-refractivity contribution >= 4 is 29.2 Å². The van der Waals surface area contributed by atoms with E-state index in [0.717, 1.165) is 0 Å². The van der Waals surface area contributed by atoms with Crippen LogP contribution in [0.25, 0.3) is 0 Å². The maximum absolute atomic E-state index is 6.89. The minimum Gasteiger partial charge on any atom is -0.476 e. The number of rotatable bonds is 1. The van der Waals surface area contributed by atoms with E-state index in [4.69, 9.17) is 8.22 Å². The predicted octanol–water partition coefficient (Wildman–Crippen LogP) is 1.63. The molecule has 0 fully saturated rings. The first kappa shape index (κ1) is 1.88. The van der Waals surface area contributed by atoms with Gasteiger partial charge in [-0.15, -0.1) is 0 Å². The molecule has 0 N–H and O–H groups in total. The van der Waals surface area contributed by atoms with Crippen LogP contribution in [0.15, 0.2) is 0 Å². The van der Waals surface area contributed by atoms with E-state index in [1.54, 1.807) is 0 Å². The highest BCUT2D eigenvalue weighted by Crippen LogP contribution is 1.92. The SMILES string of the molecule is [2H]C([2H])([2H])C(OC(=S)S)C([2H])([2H])[2H]. The summed E-state index contributed by atoms with van der Waals surface area (Å²) in [4.78, 5) is 0. The maximum atomic E-state index is 6.89. The Morgan fingerprint density at radius 3 is 2.71 bits per heavy atom. The molecule has 0 aromatic heterocycles. The van der Waals surface area contributed by atoms with Gasteiger partial charge in [0.05, 0.1) is 6.10 Å². The molecule has 0 heterocycles. The fourth-order valence-corrected chi connectivity index (χ4v) is 0.302. The van der Waals surface area contributed by atoms with E-state index in [-0.39, 0.29) is 0 Å². The van der Waals surface area contributed by atoms with E-state index < -0.39 is 24.2 Å². The fourth-order valence-electron chi connectivity index (χ4n) is 0.101. The van der Waals surface area contributed by atoms with E-state index in [9.17, 15) is 0 Å². The predicted molar refractivity (Wildman–Crippen MR) is 37.8 cm³/mol. The van der Waals surface area contributed by atoms with Crippen LogP contribution in [-0.2, 0) is 4.74 Å². The van der Waals surface area contributed by atoms with Crippen LogP contribution in [0, 0.1) is 0 Å². The van der Waals surface area contributed by atoms with Gasteiger partial charge in [0.15, 0.2) is 0 Å². The summed E-state index contributed by atoms with van der Waals surface area (Å²) in [5.41, 5.74) is 0. The maximum Gasteiger partial charge on any atom is 0.217 e. The van der Waals surface area contributed by atoms with Crippen molar-refractivity contribution in [3.63, 3.8) is 0 Å². The highest BCUT2D eigenvalue weighted by atomic mass is 32.1. The molecule has 0 saturated carbocycles. The van der Waals surface area contributed by atoms with E-state index in [1.165, 1.54) is 0 Å².